The number of anilines is 1. The van der Waals surface area contributed by atoms with E-state index in [2.05, 4.69) is 5.32 Å². The number of sulfone groups is 1. The molecular formula is C21H20N2O6S. The van der Waals surface area contributed by atoms with Gasteiger partial charge in [0, 0.05) is 30.4 Å². The zero-order chi connectivity index (χ0) is 20.7. The minimum atomic E-state index is -3.95. The number of rotatable bonds is 3. The first-order chi connectivity index (χ1) is 14.6. The number of nitrogens with zero attached hydrogens (tertiary/aromatic N) is 1. The summed E-state index contributed by atoms with van der Waals surface area (Å²) >= 11 is 0. The first-order valence-electron chi connectivity index (χ1n) is 9.68. The minimum Gasteiger partial charge on any atom is -0.486 e. The monoisotopic (exact) mass is 428 g/mol. The molecule has 0 aliphatic carbocycles. The van der Waals surface area contributed by atoms with E-state index in [0.29, 0.717) is 62.3 Å². The van der Waals surface area contributed by atoms with E-state index in [-0.39, 0.29) is 15.5 Å². The van der Waals surface area contributed by atoms with Crippen LogP contribution in [0, 0.1) is 0 Å². The number of fused-ring (bicyclic) bond motifs is 2. The van der Waals surface area contributed by atoms with E-state index in [9.17, 15) is 13.2 Å². The Morgan fingerprint density at radius 1 is 0.933 bits per heavy atom. The van der Waals surface area contributed by atoms with E-state index in [4.69, 9.17) is 14.2 Å². The largest absolute Gasteiger partial charge is 0.486 e. The van der Waals surface area contributed by atoms with Gasteiger partial charge in [-0.3, -0.25) is 4.79 Å². The molecule has 8 nitrogen and oxygen atoms in total. The zero-order valence-electron chi connectivity index (χ0n) is 16.1. The maximum Gasteiger partial charge on any atom is 0.268 e. The number of ether oxygens (including phenoxy) is 3. The number of benzene rings is 2. The number of nitrogens with one attached hydrogen (secondary N) is 1. The first kappa shape index (κ1) is 19.0. The lowest BCUT2D eigenvalue weighted by molar-refractivity contribution is -0.130. The quantitative estimate of drug-likeness (QED) is 0.798. The normalized spacial score (nSPS) is 19.4. The Bertz CT molecular complexity index is 1150. The van der Waals surface area contributed by atoms with Crippen LogP contribution in [-0.2, 0) is 19.4 Å². The Morgan fingerprint density at radius 3 is 2.47 bits per heavy atom. The van der Waals surface area contributed by atoms with Crippen molar-refractivity contribution in [3.05, 3.63) is 52.9 Å². The van der Waals surface area contributed by atoms with Crippen molar-refractivity contribution in [2.75, 3.05) is 44.8 Å². The van der Waals surface area contributed by atoms with Gasteiger partial charge in [0.15, 0.2) is 16.4 Å². The summed E-state index contributed by atoms with van der Waals surface area (Å²) < 4.78 is 43.0. The second kappa shape index (κ2) is 7.33. The summed E-state index contributed by atoms with van der Waals surface area (Å²) in [7, 11) is -3.95. The molecule has 9 heteroatoms. The van der Waals surface area contributed by atoms with Gasteiger partial charge in [-0.05, 0) is 18.2 Å². The van der Waals surface area contributed by atoms with Gasteiger partial charge in [0.2, 0.25) is 9.84 Å². The van der Waals surface area contributed by atoms with Crippen LogP contribution in [-0.4, -0.2) is 58.7 Å². The van der Waals surface area contributed by atoms with E-state index in [1.54, 1.807) is 36.4 Å². The predicted molar refractivity (Wildman–Crippen MR) is 109 cm³/mol. The highest BCUT2D eigenvalue weighted by Gasteiger charge is 2.42. The van der Waals surface area contributed by atoms with Crippen LogP contribution in [0.25, 0.3) is 5.70 Å². The summed E-state index contributed by atoms with van der Waals surface area (Å²) in [6.45, 7) is 2.40. The van der Waals surface area contributed by atoms with E-state index in [1.165, 1.54) is 11.0 Å². The molecule has 3 aliphatic heterocycles. The van der Waals surface area contributed by atoms with Crippen molar-refractivity contribution in [1.82, 2.24) is 4.90 Å². The van der Waals surface area contributed by atoms with Crippen molar-refractivity contribution in [1.29, 1.82) is 0 Å². The fraction of sp³-hybridized carbons (Fsp3) is 0.286. The molecule has 0 radical (unpaired) electrons. The third-order valence-corrected chi connectivity index (χ3v) is 7.10. The van der Waals surface area contributed by atoms with Crippen LogP contribution in [0.15, 0.2) is 52.3 Å². The fourth-order valence-electron chi connectivity index (χ4n) is 3.80. The van der Waals surface area contributed by atoms with Crippen molar-refractivity contribution >= 4 is 27.1 Å². The molecule has 0 bridgehead atoms. The fourth-order valence-corrected chi connectivity index (χ4v) is 5.52. The summed E-state index contributed by atoms with van der Waals surface area (Å²) in [5.41, 5.74) is 1.36. The highest BCUT2D eigenvalue weighted by atomic mass is 32.2. The molecule has 0 spiro atoms. The molecule has 1 N–H and O–H groups in total. The molecule has 3 heterocycles. The minimum absolute atomic E-state index is 0.127. The van der Waals surface area contributed by atoms with Gasteiger partial charge < -0.3 is 24.4 Å². The van der Waals surface area contributed by atoms with Crippen LogP contribution in [0.5, 0.6) is 11.5 Å². The third-order valence-electron chi connectivity index (χ3n) is 5.25. The van der Waals surface area contributed by atoms with Gasteiger partial charge >= 0.3 is 0 Å². The number of amides is 1. The number of carbonyl (C=O) groups excluding carboxylic acids is 1. The average molecular weight is 428 g/mol. The van der Waals surface area contributed by atoms with E-state index in [1.807, 2.05) is 0 Å². The summed E-state index contributed by atoms with van der Waals surface area (Å²) in [6.07, 6.45) is 0. The van der Waals surface area contributed by atoms with Gasteiger partial charge in [0.1, 0.15) is 13.2 Å². The molecule has 0 atom stereocenters. The second-order valence-corrected chi connectivity index (χ2v) is 8.95. The summed E-state index contributed by atoms with van der Waals surface area (Å²) in [5.74, 6) is 0.682. The van der Waals surface area contributed by atoms with Gasteiger partial charge in [0.05, 0.1) is 23.8 Å². The molecule has 0 saturated carbocycles. The average Bonchev–Trinajstić information content (AvgIpc) is 3.00. The highest BCUT2D eigenvalue weighted by molar-refractivity contribution is 7.97. The van der Waals surface area contributed by atoms with Gasteiger partial charge in [-0.1, -0.05) is 18.2 Å². The number of hydrogen-bond donors (Lipinski definition) is 1. The third kappa shape index (κ3) is 3.10. The molecule has 1 amide bonds. The van der Waals surface area contributed by atoms with Crippen molar-refractivity contribution in [2.45, 2.75) is 4.90 Å². The molecule has 0 unspecified atom stereocenters. The Hall–Kier alpha value is -3.04. The lowest BCUT2D eigenvalue weighted by Gasteiger charge is -2.27. The van der Waals surface area contributed by atoms with Crippen LogP contribution in [0.4, 0.5) is 5.69 Å². The smallest absolute Gasteiger partial charge is 0.268 e. The molecule has 2 aromatic carbocycles. The highest BCUT2D eigenvalue weighted by Crippen LogP contribution is 2.41. The first-order valence-corrected chi connectivity index (χ1v) is 11.2. The number of carbonyl (C=O) groups is 1. The maximum absolute atomic E-state index is 13.3. The molecule has 30 heavy (non-hydrogen) atoms. The van der Waals surface area contributed by atoms with Gasteiger partial charge in [0.25, 0.3) is 5.91 Å². The molecule has 156 valence electrons. The van der Waals surface area contributed by atoms with Crippen LogP contribution in [0.1, 0.15) is 5.56 Å². The van der Waals surface area contributed by atoms with Crippen LogP contribution in [0.2, 0.25) is 0 Å². The summed E-state index contributed by atoms with van der Waals surface area (Å²) in [5, 5.41) is 3.16. The molecule has 1 saturated heterocycles. The van der Waals surface area contributed by atoms with Crippen LogP contribution in [0.3, 0.4) is 0 Å². The van der Waals surface area contributed by atoms with Crippen molar-refractivity contribution in [3.8, 4) is 11.5 Å². The van der Waals surface area contributed by atoms with Crippen molar-refractivity contribution < 1.29 is 27.4 Å². The van der Waals surface area contributed by atoms with E-state index < -0.39 is 15.7 Å². The SMILES string of the molecule is O=C(C1=C(Nc2ccc3c(c2)OCCO3)c2ccccc2S1(=O)=O)N1CCOCC1. The standard InChI is InChI=1S/C21H20N2O6S/c24-21(23-7-9-27-10-8-23)20-19(15-3-1-2-4-18(15)30(20,25)26)22-14-5-6-16-17(13-14)29-12-11-28-16/h1-6,13,22H,7-12H2. The van der Waals surface area contributed by atoms with E-state index in [0.717, 1.165) is 0 Å². The Morgan fingerprint density at radius 2 is 1.67 bits per heavy atom. The second-order valence-electron chi connectivity index (χ2n) is 7.09. The Labute approximate surface area is 174 Å². The summed E-state index contributed by atoms with van der Waals surface area (Å²) in [6, 6.07) is 11.9. The van der Waals surface area contributed by atoms with Gasteiger partial charge in [-0.25, -0.2) is 8.42 Å². The molecule has 5 rings (SSSR count). The topological polar surface area (TPSA) is 94.2 Å². The zero-order valence-corrected chi connectivity index (χ0v) is 16.9. The van der Waals surface area contributed by atoms with Gasteiger partial charge in [-0.15, -0.1) is 0 Å². The summed E-state index contributed by atoms with van der Waals surface area (Å²) in [4.78, 5) is 14.7. The van der Waals surface area contributed by atoms with Crippen LogP contribution < -0.4 is 14.8 Å². The Balaban J connectivity index is 1.60. The number of hydrogen-bond acceptors (Lipinski definition) is 7. The molecule has 3 aliphatic rings. The van der Waals surface area contributed by atoms with Crippen molar-refractivity contribution in [3.63, 3.8) is 0 Å². The molecule has 0 aromatic heterocycles. The lowest BCUT2D eigenvalue weighted by atomic mass is 10.1. The van der Waals surface area contributed by atoms with Crippen molar-refractivity contribution in [2.24, 2.45) is 0 Å². The molecule has 2 aromatic rings. The molecular weight excluding hydrogens is 408 g/mol. The molecule has 1 fully saturated rings. The van der Waals surface area contributed by atoms with Crippen LogP contribution >= 0.6 is 0 Å². The predicted octanol–water partition coefficient (Wildman–Crippen LogP) is 1.88. The number of morpholine rings is 1. The lowest BCUT2D eigenvalue weighted by Crippen LogP contribution is -2.42. The Kier molecular flexibility index (Phi) is 4.63. The van der Waals surface area contributed by atoms with E-state index >= 15 is 0 Å². The maximum atomic E-state index is 13.3. The van der Waals surface area contributed by atoms with Gasteiger partial charge in [-0.2, -0.15) is 0 Å².